The zero-order valence-electron chi connectivity index (χ0n) is 19.4. The lowest BCUT2D eigenvalue weighted by atomic mass is 9.69. The monoisotopic (exact) mass is 497 g/mol. The number of alkyl halides is 3. The molecule has 1 aromatic carbocycles. The standard InChI is InChI=1S/C24H26F3NO7/c1-28-11-10-23-9-8-15(33-18(29)4-3-5-19(30)35-22(31)24(25,26)27)12-17(23)34-21-16(32-2)7-6-14(13-28)20(21)23/h6-9,15,17H,3-5,10-13H2,1-2H3/t15-,17-,23-/m0/s1. The third-order valence-electron chi connectivity index (χ3n) is 6.61. The summed E-state index contributed by atoms with van der Waals surface area (Å²) in [4.78, 5) is 36.6. The first-order valence-electron chi connectivity index (χ1n) is 11.3. The minimum Gasteiger partial charge on any atom is -0.493 e. The van der Waals surface area contributed by atoms with Gasteiger partial charge in [0.1, 0.15) is 12.2 Å². The number of benzene rings is 1. The SMILES string of the molecule is COc1ccc2c3c1O[C@H]1C[C@@H](OC(=O)CCCC(=O)OC(=O)C(F)(F)F)C=C[C@@]31CCN(C)C2. The summed E-state index contributed by atoms with van der Waals surface area (Å²) in [6.45, 7) is 1.64. The highest BCUT2D eigenvalue weighted by Gasteiger charge is 2.53. The number of hydrogen-bond donors (Lipinski definition) is 0. The molecule has 0 bridgehead atoms. The fraction of sp³-hybridized carbons (Fsp3) is 0.542. The molecule has 1 spiro atoms. The van der Waals surface area contributed by atoms with E-state index >= 15 is 0 Å². The summed E-state index contributed by atoms with van der Waals surface area (Å²) in [5.74, 6) is -3.16. The molecule has 0 fully saturated rings. The summed E-state index contributed by atoms with van der Waals surface area (Å²) in [5.41, 5.74) is 1.92. The summed E-state index contributed by atoms with van der Waals surface area (Å²) in [7, 11) is 3.66. The summed E-state index contributed by atoms with van der Waals surface area (Å²) in [5, 5.41) is 0. The largest absolute Gasteiger partial charge is 0.493 e. The van der Waals surface area contributed by atoms with Crippen molar-refractivity contribution in [2.45, 2.75) is 62.4 Å². The average molecular weight is 497 g/mol. The molecule has 0 radical (unpaired) electrons. The van der Waals surface area contributed by atoms with Crippen LogP contribution >= 0.6 is 0 Å². The van der Waals surface area contributed by atoms with Crippen molar-refractivity contribution < 1.29 is 46.5 Å². The van der Waals surface area contributed by atoms with Gasteiger partial charge in [-0.2, -0.15) is 13.2 Å². The van der Waals surface area contributed by atoms with Crippen LogP contribution < -0.4 is 9.47 Å². The average Bonchev–Trinajstić information content (AvgIpc) is 3.04. The molecule has 4 rings (SSSR count). The molecule has 0 N–H and O–H groups in total. The van der Waals surface area contributed by atoms with E-state index in [1.165, 1.54) is 5.56 Å². The molecule has 2 aliphatic heterocycles. The Labute approximate surface area is 199 Å². The van der Waals surface area contributed by atoms with Crippen LogP contribution in [0.4, 0.5) is 13.2 Å². The first kappa shape index (κ1) is 25.0. The number of carbonyl (C=O) groups is 3. The predicted molar refractivity (Wildman–Crippen MR) is 115 cm³/mol. The highest BCUT2D eigenvalue weighted by atomic mass is 19.4. The molecule has 3 atom stereocenters. The van der Waals surface area contributed by atoms with Gasteiger partial charge in [0.25, 0.3) is 0 Å². The van der Waals surface area contributed by atoms with Crippen molar-refractivity contribution in [1.82, 2.24) is 4.90 Å². The minimum absolute atomic E-state index is 0.110. The Bertz CT molecular complexity index is 1050. The van der Waals surface area contributed by atoms with E-state index in [0.717, 1.165) is 25.1 Å². The quantitative estimate of drug-likeness (QED) is 0.336. The number of hydrogen-bond acceptors (Lipinski definition) is 8. The van der Waals surface area contributed by atoms with Crippen molar-refractivity contribution in [3.8, 4) is 11.5 Å². The lowest BCUT2D eigenvalue weighted by Crippen LogP contribution is -2.43. The van der Waals surface area contributed by atoms with Crippen molar-refractivity contribution in [2.24, 2.45) is 0 Å². The van der Waals surface area contributed by atoms with E-state index in [1.807, 2.05) is 18.2 Å². The van der Waals surface area contributed by atoms with Gasteiger partial charge in [0, 0.05) is 31.4 Å². The number of halogens is 3. The van der Waals surface area contributed by atoms with Crippen LogP contribution in [0.15, 0.2) is 24.3 Å². The third kappa shape index (κ3) is 5.00. The van der Waals surface area contributed by atoms with Crippen LogP contribution in [0.3, 0.4) is 0 Å². The molecule has 8 nitrogen and oxygen atoms in total. The molecule has 0 saturated heterocycles. The molecular formula is C24H26F3NO7. The number of methoxy groups -OCH3 is 1. The molecule has 0 saturated carbocycles. The van der Waals surface area contributed by atoms with Crippen LogP contribution in [-0.4, -0.2) is 61.9 Å². The Kier molecular flexibility index (Phi) is 6.81. The zero-order chi connectivity index (χ0) is 25.4. The Morgan fingerprint density at radius 2 is 1.94 bits per heavy atom. The molecule has 0 amide bonds. The molecule has 0 aromatic heterocycles. The van der Waals surface area contributed by atoms with Gasteiger partial charge in [-0.05, 0) is 44.1 Å². The van der Waals surface area contributed by atoms with Gasteiger partial charge in [-0.15, -0.1) is 0 Å². The Balaban J connectivity index is 1.37. The van der Waals surface area contributed by atoms with Crippen molar-refractivity contribution in [3.63, 3.8) is 0 Å². The number of rotatable bonds is 6. The second-order valence-electron chi connectivity index (χ2n) is 9.00. The number of ether oxygens (including phenoxy) is 4. The van der Waals surface area contributed by atoms with Crippen molar-refractivity contribution in [3.05, 3.63) is 35.4 Å². The van der Waals surface area contributed by atoms with Gasteiger partial charge in [0.05, 0.1) is 12.5 Å². The zero-order valence-corrected chi connectivity index (χ0v) is 19.4. The second kappa shape index (κ2) is 9.52. The lowest BCUT2D eigenvalue weighted by molar-refractivity contribution is -0.201. The van der Waals surface area contributed by atoms with Gasteiger partial charge in [0.15, 0.2) is 11.5 Å². The molecule has 0 unspecified atom stereocenters. The molecular weight excluding hydrogens is 471 g/mol. The molecule has 1 aliphatic carbocycles. The maximum atomic E-state index is 12.3. The summed E-state index contributed by atoms with van der Waals surface area (Å²) in [6.07, 6.45) is -1.75. The lowest BCUT2D eigenvalue weighted by Gasteiger charge is -2.36. The van der Waals surface area contributed by atoms with Gasteiger partial charge in [-0.1, -0.05) is 12.1 Å². The van der Waals surface area contributed by atoms with Gasteiger partial charge < -0.3 is 23.8 Å². The molecule has 11 heteroatoms. The number of esters is 3. The van der Waals surface area contributed by atoms with E-state index in [2.05, 4.69) is 22.8 Å². The van der Waals surface area contributed by atoms with Gasteiger partial charge >= 0.3 is 24.1 Å². The smallest absolute Gasteiger partial charge is 0.491 e. The van der Waals surface area contributed by atoms with E-state index in [9.17, 15) is 27.6 Å². The molecule has 3 aliphatic rings. The first-order valence-corrected chi connectivity index (χ1v) is 11.3. The topological polar surface area (TPSA) is 91.4 Å². The number of nitrogens with zero attached hydrogens (tertiary/aromatic N) is 1. The Hall–Kier alpha value is -3.08. The first-order chi connectivity index (χ1) is 16.5. The third-order valence-corrected chi connectivity index (χ3v) is 6.61. The predicted octanol–water partition coefficient (Wildman–Crippen LogP) is 3.20. The maximum Gasteiger partial charge on any atom is 0.491 e. The van der Waals surface area contributed by atoms with Gasteiger partial charge in [-0.25, -0.2) is 4.79 Å². The van der Waals surface area contributed by atoms with Gasteiger partial charge in [-0.3, -0.25) is 9.59 Å². The highest BCUT2D eigenvalue weighted by Crippen LogP contribution is 2.55. The molecule has 1 aromatic rings. The second-order valence-corrected chi connectivity index (χ2v) is 9.00. The van der Waals surface area contributed by atoms with E-state index in [0.29, 0.717) is 17.9 Å². The normalized spacial score (nSPS) is 25.1. The Morgan fingerprint density at radius 3 is 2.66 bits per heavy atom. The minimum atomic E-state index is -5.25. The Morgan fingerprint density at radius 1 is 1.20 bits per heavy atom. The van der Waals surface area contributed by atoms with Crippen LogP contribution in [-0.2, 0) is 35.8 Å². The molecule has 2 heterocycles. The van der Waals surface area contributed by atoms with Crippen LogP contribution in [0, 0.1) is 0 Å². The van der Waals surface area contributed by atoms with Crippen molar-refractivity contribution in [1.29, 1.82) is 0 Å². The van der Waals surface area contributed by atoms with E-state index in [1.54, 1.807) is 7.11 Å². The summed E-state index contributed by atoms with van der Waals surface area (Å²) < 4.78 is 57.5. The highest BCUT2D eigenvalue weighted by molar-refractivity contribution is 5.88. The van der Waals surface area contributed by atoms with Crippen LogP contribution in [0.25, 0.3) is 0 Å². The van der Waals surface area contributed by atoms with Gasteiger partial charge in [0.2, 0.25) is 0 Å². The molecule has 35 heavy (non-hydrogen) atoms. The van der Waals surface area contributed by atoms with E-state index in [-0.39, 0.29) is 24.4 Å². The number of carbonyl (C=O) groups excluding carboxylic acids is 3. The van der Waals surface area contributed by atoms with Crippen LogP contribution in [0.5, 0.6) is 11.5 Å². The fourth-order valence-electron chi connectivity index (χ4n) is 4.97. The van der Waals surface area contributed by atoms with E-state index < -0.39 is 36.6 Å². The molecule has 190 valence electrons. The fourth-order valence-corrected chi connectivity index (χ4v) is 4.97. The van der Waals surface area contributed by atoms with E-state index in [4.69, 9.17) is 14.2 Å². The van der Waals surface area contributed by atoms with Crippen molar-refractivity contribution in [2.75, 3.05) is 20.7 Å². The summed E-state index contributed by atoms with van der Waals surface area (Å²) in [6, 6.07) is 3.95. The van der Waals surface area contributed by atoms with Crippen LogP contribution in [0.1, 0.15) is 43.2 Å². The van der Waals surface area contributed by atoms with Crippen LogP contribution in [0.2, 0.25) is 0 Å². The maximum absolute atomic E-state index is 12.3. The summed E-state index contributed by atoms with van der Waals surface area (Å²) >= 11 is 0. The van der Waals surface area contributed by atoms with Crippen molar-refractivity contribution >= 4 is 17.9 Å².